The Bertz CT molecular complexity index is 233. The van der Waals surface area contributed by atoms with E-state index in [1.54, 1.807) is 0 Å². The van der Waals surface area contributed by atoms with Gasteiger partial charge in [0.1, 0.15) is 0 Å². The van der Waals surface area contributed by atoms with Crippen LogP contribution in [0.5, 0.6) is 0 Å². The minimum absolute atomic E-state index is 0.0851. The largest absolute Gasteiger partial charge is 0.362 e. The van der Waals surface area contributed by atoms with Crippen molar-refractivity contribution in [3.05, 3.63) is 17.7 Å². The molecule has 0 saturated heterocycles. The van der Waals surface area contributed by atoms with Gasteiger partial charge in [-0.1, -0.05) is 12.2 Å². The van der Waals surface area contributed by atoms with Gasteiger partial charge in [0, 0.05) is 0 Å². The van der Waals surface area contributed by atoms with Crippen LogP contribution in [0, 0.1) is 10.8 Å². The fourth-order valence-corrected chi connectivity index (χ4v) is 1.66. The van der Waals surface area contributed by atoms with Gasteiger partial charge >= 0.3 is 0 Å². The van der Waals surface area contributed by atoms with Gasteiger partial charge in [0.15, 0.2) is 0 Å². The first-order valence-corrected chi connectivity index (χ1v) is 3.83. The molecule has 0 radical (unpaired) electrons. The van der Waals surface area contributed by atoms with E-state index in [0.29, 0.717) is 0 Å². The molecule has 0 amide bonds. The van der Waals surface area contributed by atoms with Crippen LogP contribution in [0.15, 0.2) is 12.2 Å². The zero-order valence-corrected chi connectivity index (χ0v) is 7.55. The molecule has 0 unspecified atom stereocenters. The second kappa shape index (κ2) is 2.05. The third-order valence-corrected chi connectivity index (χ3v) is 2.24. The molecule has 0 aromatic rings. The highest BCUT2D eigenvalue weighted by Gasteiger charge is 2.46. The van der Waals surface area contributed by atoms with Crippen LogP contribution in [0.1, 0.15) is 27.7 Å². The first kappa shape index (κ1) is 8.22. The van der Waals surface area contributed by atoms with E-state index < -0.39 is 0 Å². The van der Waals surface area contributed by atoms with Crippen molar-refractivity contribution < 1.29 is 4.79 Å². The summed E-state index contributed by atoms with van der Waals surface area (Å²) in [4.78, 5) is 3.35. The van der Waals surface area contributed by atoms with Crippen LogP contribution in [0.25, 0.3) is 5.53 Å². The summed E-state index contributed by atoms with van der Waals surface area (Å²) in [6.07, 6.45) is 4.17. The predicted octanol–water partition coefficient (Wildman–Crippen LogP) is 2.28. The van der Waals surface area contributed by atoms with Crippen molar-refractivity contribution >= 4 is 5.71 Å². The Morgan fingerprint density at radius 1 is 1.09 bits per heavy atom. The van der Waals surface area contributed by atoms with E-state index in [1.165, 1.54) is 0 Å². The maximum atomic E-state index is 8.79. The van der Waals surface area contributed by atoms with Gasteiger partial charge in [-0.3, -0.25) is 0 Å². The Hall–Kier alpha value is -0.880. The lowest BCUT2D eigenvalue weighted by Crippen LogP contribution is -2.29. The average Bonchev–Trinajstić information content (AvgIpc) is 2.03. The highest BCUT2D eigenvalue weighted by atomic mass is 14.9. The van der Waals surface area contributed by atoms with Crippen LogP contribution in [0.3, 0.4) is 0 Å². The maximum absolute atomic E-state index is 8.79. The molecule has 0 heterocycles. The molecule has 1 aliphatic carbocycles. The second-order valence-electron chi connectivity index (χ2n) is 4.23. The fraction of sp³-hybridized carbons (Fsp3) is 0.667. The second-order valence-corrected chi connectivity index (χ2v) is 4.23. The van der Waals surface area contributed by atoms with E-state index in [-0.39, 0.29) is 10.8 Å². The molecule has 11 heavy (non-hydrogen) atoms. The Morgan fingerprint density at radius 3 is 1.64 bits per heavy atom. The van der Waals surface area contributed by atoms with E-state index in [9.17, 15) is 0 Å². The van der Waals surface area contributed by atoms with Crippen LogP contribution >= 0.6 is 0 Å². The summed E-state index contributed by atoms with van der Waals surface area (Å²) in [5.74, 6) is 0. The summed E-state index contributed by atoms with van der Waals surface area (Å²) in [6.45, 7) is 8.20. The van der Waals surface area contributed by atoms with Crippen LogP contribution in [0.2, 0.25) is 0 Å². The quantitative estimate of drug-likeness (QED) is 0.288. The zero-order valence-electron chi connectivity index (χ0n) is 7.55. The maximum Gasteiger partial charge on any atom is 0.287 e. The Labute approximate surface area is 67.5 Å². The van der Waals surface area contributed by atoms with Crippen molar-refractivity contribution in [3.8, 4) is 0 Å². The summed E-state index contributed by atoms with van der Waals surface area (Å²) < 4.78 is 0. The molecule has 0 bridgehead atoms. The first-order valence-electron chi connectivity index (χ1n) is 3.83. The number of rotatable bonds is 0. The summed E-state index contributed by atoms with van der Waals surface area (Å²) in [5.41, 5.74) is 9.45. The van der Waals surface area contributed by atoms with E-state index >= 15 is 0 Å². The molecule has 1 aliphatic rings. The van der Waals surface area contributed by atoms with Gasteiger partial charge in [-0.25, -0.2) is 0 Å². The van der Waals surface area contributed by atoms with E-state index in [2.05, 4.69) is 16.9 Å². The van der Waals surface area contributed by atoms with E-state index in [1.807, 2.05) is 27.7 Å². The molecule has 0 aromatic heterocycles. The van der Waals surface area contributed by atoms with E-state index in [4.69, 9.17) is 5.53 Å². The third kappa shape index (κ3) is 1.14. The van der Waals surface area contributed by atoms with Crippen molar-refractivity contribution in [2.75, 3.05) is 0 Å². The van der Waals surface area contributed by atoms with Gasteiger partial charge in [0.25, 0.3) is 5.71 Å². The zero-order chi connectivity index (χ0) is 8.70. The highest BCUT2D eigenvalue weighted by Crippen LogP contribution is 2.38. The van der Waals surface area contributed by atoms with Gasteiger partial charge in [-0.2, -0.15) is 4.79 Å². The Morgan fingerprint density at radius 2 is 1.45 bits per heavy atom. The molecule has 2 nitrogen and oxygen atoms in total. The van der Waals surface area contributed by atoms with Crippen molar-refractivity contribution in [1.82, 2.24) is 0 Å². The lowest BCUT2D eigenvalue weighted by molar-refractivity contribution is -0.0248. The average molecular weight is 150 g/mol. The molecule has 0 aliphatic heterocycles. The molecule has 0 spiro atoms. The summed E-state index contributed by atoms with van der Waals surface area (Å²) in [6, 6.07) is 0. The van der Waals surface area contributed by atoms with Crippen molar-refractivity contribution in [1.29, 1.82) is 0 Å². The lowest BCUT2D eigenvalue weighted by atomic mass is 9.80. The molecule has 60 valence electrons. The number of allylic oxidation sites excluding steroid dienone is 2. The van der Waals surface area contributed by atoms with Crippen LogP contribution in [0.4, 0.5) is 0 Å². The SMILES string of the molecule is CC1(C)C=CC(C)(C)C1=[N+]=[N-]. The molecule has 0 aromatic carbocycles. The monoisotopic (exact) mass is 150 g/mol. The normalized spacial score (nSPS) is 25.3. The summed E-state index contributed by atoms with van der Waals surface area (Å²) in [5, 5.41) is 0. The number of nitrogens with zero attached hydrogens (tertiary/aromatic N) is 2. The minimum Gasteiger partial charge on any atom is -0.362 e. The predicted molar refractivity (Wildman–Crippen MR) is 45.3 cm³/mol. The summed E-state index contributed by atoms with van der Waals surface area (Å²) >= 11 is 0. The van der Waals surface area contributed by atoms with Gasteiger partial charge in [-0.15, -0.1) is 0 Å². The molecular formula is C9H14N2. The fourth-order valence-electron chi connectivity index (χ4n) is 1.66. The molecule has 0 atom stereocenters. The lowest BCUT2D eigenvalue weighted by Gasteiger charge is -2.15. The van der Waals surface area contributed by atoms with Crippen LogP contribution in [-0.2, 0) is 0 Å². The standard InChI is InChI=1S/C9H14N2/c1-8(2)5-6-9(3,4)7(8)11-10/h5-6H,1-4H3. The Balaban J connectivity index is 3.19. The van der Waals surface area contributed by atoms with E-state index in [0.717, 1.165) is 5.71 Å². The van der Waals surface area contributed by atoms with Gasteiger partial charge in [0.05, 0.1) is 10.8 Å². The smallest absolute Gasteiger partial charge is 0.287 e. The van der Waals surface area contributed by atoms with Gasteiger partial charge < -0.3 is 5.53 Å². The molecular weight excluding hydrogens is 136 g/mol. The molecule has 0 fully saturated rings. The highest BCUT2D eigenvalue weighted by molar-refractivity contribution is 5.95. The topological polar surface area (TPSA) is 36.4 Å². The molecule has 0 N–H and O–H groups in total. The molecule has 2 heteroatoms. The first-order chi connectivity index (χ1) is 4.90. The van der Waals surface area contributed by atoms with Crippen molar-refractivity contribution in [3.63, 3.8) is 0 Å². The number of hydrogen-bond acceptors (Lipinski definition) is 0. The molecule has 1 rings (SSSR count). The number of hydrogen-bond donors (Lipinski definition) is 0. The van der Waals surface area contributed by atoms with Crippen LogP contribution in [-0.4, -0.2) is 10.5 Å². The van der Waals surface area contributed by atoms with Gasteiger partial charge in [-0.05, 0) is 27.7 Å². The third-order valence-electron chi connectivity index (χ3n) is 2.24. The van der Waals surface area contributed by atoms with Gasteiger partial charge in [0.2, 0.25) is 0 Å². The Kier molecular flexibility index (Phi) is 1.53. The summed E-state index contributed by atoms with van der Waals surface area (Å²) in [7, 11) is 0. The van der Waals surface area contributed by atoms with Crippen molar-refractivity contribution in [2.45, 2.75) is 27.7 Å². The van der Waals surface area contributed by atoms with Crippen LogP contribution < -0.4 is 0 Å². The molecule has 0 saturated carbocycles. The minimum atomic E-state index is -0.0851. The van der Waals surface area contributed by atoms with Crippen molar-refractivity contribution in [2.24, 2.45) is 10.8 Å².